The monoisotopic (exact) mass is 778 g/mol. The summed E-state index contributed by atoms with van der Waals surface area (Å²) in [6, 6.07) is 78.5. The average molecular weight is 779 g/mol. The van der Waals surface area contributed by atoms with E-state index < -0.39 is 0 Å². The van der Waals surface area contributed by atoms with E-state index in [4.69, 9.17) is 9.97 Å². The number of aromatic nitrogens is 2. The molecule has 1 aliphatic carbocycles. The molecule has 0 N–H and O–H groups in total. The van der Waals surface area contributed by atoms with Gasteiger partial charge in [0.15, 0.2) is 5.82 Å². The number of hydrogen-bond acceptors (Lipinski definition) is 2. The summed E-state index contributed by atoms with van der Waals surface area (Å²) in [5.74, 6) is 0.706. The largest absolute Gasteiger partial charge is 0.228 e. The fourth-order valence-corrected chi connectivity index (χ4v) is 9.48. The first-order chi connectivity index (χ1) is 30.0. The van der Waals surface area contributed by atoms with Crippen LogP contribution in [0.2, 0.25) is 0 Å². The minimum absolute atomic E-state index is 0.0666. The second kappa shape index (κ2) is 14.9. The summed E-state index contributed by atoms with van der Waals surface area (Å²) in [5, 5.41) is 2.33. The van der Waals surface area contributed by atoms with Gasteiger partial charge in [0.05, 0.1) is 11.4 Å². The van der Waals surface area contributed by atoms with Gasteiger partial charge in [-0.05, 0) is 89.7 Å². The van der Waals surface area contributed by atoms with Gasteiger partial charge in [-0.25, -0.2) is 9.97 Å². The van der Waals surface area contributed by atoms with Crippen molar-refractivity contribution < 1.29 is 0 Å². The first kappa shape index (κ1) is 36.4. The maximum atomic E-state index is 5.23. The summed E-state index contributed by atoms with van der Waals surface area (Å²) in [4.78, 5) is 10.4. The Kier molecular flexibility index (Phi) is 8.86. The Balaban J connectivity index is 0.954. The molecule has 2 heteroatoms. The zero-order chi connectivity index (χ0) is 40.9. The summed E-state index contributed by atoms with van der Waals surface area (Å²) >= 11 is 0. The van der Waals surface area contributed by atoms with Gasteiger partial charge in [-0.15, -0.1) is 0 Å². The highest BCUT2D eigenvalue weighted by atomic mass is 14.9. The molecule has 0 atom stereocenters. The van der Waals surface area contributed by atoms with E-state index in [1.165, 1.54) is 72.1 Å². The van der Waals surface area contributed by atoms with Gasteiger partial charge < -0.3 is 0 Å². The topological polar surface area (TPSA) is 25.8 Å². The van der Waals surface area contributed by atoms with Crippen LogP contribution in [-0.4, -0.2) is 9.97 Å². The van der Waals surface area contributed by atoms with Gasteiger partial charge in [0.2, 0.25) is 0 Å². The zero-order valence-electron chi connectivity index (χ0n) is 34.2. The fraction of sp³-hybridized carbons (Fsp3) is 0.0508. The lowest BCUT2D eigenvalue weighted by Crippen LogP contribution is -2.16. The quantitative estimate of drug-likeness (QED) is 0.161. The van der Waals surface area contributed by atoms with Gasteiger partial charge in [-0.2, -0.15) is 0 Å². The van der Waals surface area contributed by atoms with Gasteiger partial charge in [0, 0.05) is 22.1 Å². The van der Waals surface area contributed by atoms with Crippen molar-refractivity contribution in [2.75, 3.05) is 0 Å². The van der Waals surface area contributed by atoms with Crippen LogP contribution in [0.25, 0.3) is 100 Å². The number of benzene rings is 9. The van der Waals surface area contributed by atoms with Crippen molar-refractivity contribution >= 4 is 10.8 Å². The summed E-state index contributed by atoms with van der Waals surface area (Å²) in [6.45, 7) is 4.71. The van der Waals surface area contributed by atoms with E-state index in [1.807, 2.05) is 24.3 Å². The number of rotatable bonds is 7. The zero-order valence-corrected chi connectivity index (χ0v) is 34.2. The van der Waals surface area contributed by atoms with Crippen LogP contribution >= 0.6 is 0 Å². The third-order valence-corrected chi connectivity index (χ3v) is 12.5. The van der Waals surface area contributed by atoms with E-state index in [2.05, 4.69) is 208 Å². The number of fused-ring (bicyclic) bond motifs is 4. The van der Waals surface area contributed by atoms with Crippen LogP contribution in [0.5, 0.6) is 0 Å². The molecule has 1 aromatic heterocycles. The molecule has 0 saturated carbocycles. The Labute approximate surface area is 357 Å². The normalized spacial score (nSPS) is 12.6. The first-order valence-electron chi connectivity index (χ1n) is 21.1. The lowest BCUT2D eigenvalue weighted by atomic mass is 9.79. The van der Waals surface area contributed by atoms with Gasteiger partial charge >= 0.3 is 0 Å². The summed E-state index contributed by atoms with van der Waals surface area (Å²) in [7, 11) is 0. The van der Waals surface area contributed by atoms with E-state index in [0.717, 1.165) is 33.5 Å². The smallest absolute Gasteiger partial charge is 0.160 e. The molecule has 2 nitrogen and oxygen atoms in total. The third-order valence-electron chi connectivity index (χ3n) is 12.5. The molecule has 10 aromatic rings. The highest BCUT2D eigenvalue weighted by molar-refractivity contribution is 6.05. The Bertz CT molecular complexity index is 3240. The van der Waals surface area contributed by atoms with Crippen LogP contribution in [-0.2, 0) is 5.41 Å². The van der Waals surface area contributed by atoms with Crippen LogP contribution in [0.4, 0.5) is 0 Å². The second-order valence-corrected chi connectivity index (χ2v) is 16.5. The molecule has 9 aromatic carbocycles. The fourth-order valence-electron chi connectivity index (χ4n) is 9.48. The molecule has 1 aliphatic rings. The standard InChI is InChI=1S/C59H42N2/c1-59(2)54-26-12-11-23-51(54)53-25-14-24-48(57(53)59)42-31-27-41(28-32-42)45-19-13-20-46(37-45)47-35-36-52(50-22-10-9-21-49(47)50)56-38-55(60-58(61-56)44-17-7-4-8-18-44)43-33-29-40(30-34-43)39-15-5-3-6-16-39/h3-38H,1-2H3. The van der Waals surface area contributed by atoms with Crippen molar-refractivity contribution in [2.45, 2.75) is 19.3 Å². The molecular weight excluding hydrogens is 737 g/mol. The van der Waals surface area contributed by atoms with E-state index in [9.17, 15) is 0 Å². The molecule has 0 unspecified atom stereocenters. The second-order valence-electron chi connectivity index (χ2n) is 16.5. The van der Waals surface area contributed by atoms with Crippen molar-refractivity contribution in [3.05, 3.63) is 230 Å². The predicted molar refractivity (Wildman–Crippen MR) is 255 cm³/mol. The van der Waals surface area contributed by atoms with Gasteiger partial charge in [-0.1, -0.05) is 220 Å². The van der Waals surface area contributed by atoms with Crippen molar-refractivity contribution in [3.8, 4) is 89.5 Å². The molecular formula is C59H42N2. The molecule has 0 aliphatic heterocycles. The molecule has 0 saturated heterocycles. The highest BCUT2D eigenvalue weighted by Crippen LogP contribution is 2.52. The van der Waals surface area contributed by atoms with E-state index in [-0.39, 0.29) is 5.41 Å². The Morgan fingerprint density at radius 2 is 0.787 bits per heavy atom. The van der Waals surface area contributed by atoms with E-state index in [1.54, 1.807) is 0 Å². The minimum atomic E-state index is -0.0666. The van der Waals surface area contributed by atoms with Gasteiger partial charge in [0.1, 0.15) is 0 Å². The van der Waals surface area contributed by atoms with Crippen LogP contribution in [0.15, 0.2) is 218 Å². The molecule has 288 valence electrons. The highest BCUT2D eigenvalue weighted by Gasteiger charge is 2.37. The SMILES string of the molecule is CC1(C)c2ccccc2-c2cccc(-c3ccc(-c4cccc(-c5ccc(-c6cc(-c7ccc(-c8ccccc8)cc7)nc(-c7ccccc7)n6)c6ccccc56)c4)cc3)c21. The number of nitrogens with zero attached hydrogens (tertiary/aromatic N) is 2. The first-order valence-corrected chi connectivity index (χ1v) is 21.1. The third kappa shape index (κ3) is 6.45. The molecule has 0 spiro atoms. The summed E-state index contributed by atoms with van der Waals surface area (Å²) in [5.41, 5.74) is 20.0. The van der Waals surface area contributed by atoms with E-state index in [0.29, 0.717) is 5.82 Å². The lowest BCUT2D eigenvalue weighted by molar-refractivity contribution is 0.662. The van der Waals surface area contributed by atoms with Crippen LogP contribution in [0, 0.1) is 0 Å². The van der Waals surface area contributed by atoms with Crippen LogP contribution < -0.4 is 0 Å². The minimum Gasteiger partial charge on any atom is -0.228 e. The molecule has 61 heavy (non-hydrogen) atoms. The van der Waals surface area contributed by atoms with Crippen molar-refractivity contribution in [2.24, 2.45) is 0 Å². The molecule has 0 fully saturated rings. The van der Waals surface area contributed by atoms with Crippen molar-refractivity contribution in [1.82, 2.24) is 9.97 Å². The van der Waals surface area contributed by atoms with Crippen LogP contribution in [0.1, 0.15) is 25.0 Å². The predicted octanol–water partition coefficient (Wildman–Crippen LogP) is 15.6. The van der Waals surface area contributed by atoms with E-state index >= 15 is 0 Å². The Morgan fingerprint density at radius 3 is 1.54 bits per heavy atom. The molecule has 0 radical (unpaired) electrons. The van der Waals surface area contributed by atoms with Gasteiger partial charge in [-0.3, -0.25) is 0 Å². The molecule has 0 amide bonds. The molecule has 0 bridgehead atoms. The van der Waals surface area contributed by atoms with Gasteiger partial charge in [0.25, 0.3) is 0 Å². The lowest BCUT2D eigenvalue weighted by Gasteiger charge is -2.24. The molecule has 11 rings (SSSR count). The van der Waals surface area contributed by atoms with Crippen molar-refractivity contribution in [3.63, 3.8) is 0 Å². The average Bonchev–Trinajstić information content (AvgIpc) is 3.57. The molecule has 1 heterocycles. The van der Waals surface area contributed by atoms with Crippen molar-refractivity contribution in [1.29, 1.82) is 0 Å². The van der Waals surface area contributed by atoms with Crippen LogP contribution in [0.3, 0.4) is 0 Å². The summed E-state index contributed by atoms with van der Waals surface area (Å²) in [6.07, 6.45) is 0. The summed E-state index contributed by atoms with van der Waals surface area (Å²) < 4.78 is 0. The number of hydrogen-bond donors (Lipinski definition) is 0. The maximum Gasteiger partial charge on any atom is 0.160 e. The Morgan fingerprint density at radius 1 is 0.295 bits per heavy atom. The Hall–Kier alpha value is -7.68. The maximum absolute atomic E-state index is 5.23.